The van der Waals surface area contributed by atoms with Crippen molar-refractivity contribution < 1.29 is 13.5 Å². The highest BCUT2D eigenvalue weighted by Gasteiger charge is 2.21. The van der Waals surface area contributed by atoms with Crippen molar-refractivity contribution in [1.82, 2.24) is 9.71 Å². The number of halogens is 1. The Labute approximate surface area is 136 Å². The first-order valence-corrected chi connectivity index (χ1v) is 9.38. The fourth-order valence-corrected chi connectivity index (χ4v) is 5.38. The second-order valence-electron chi connectivity index (χ2n) is 4.30. The van der Waals surface area contributed by atoms with Crippen molar-refractivity contribution in [1.29, 1.82) is 0 Å². The number of pyridine rings is 1. The van der Waals surface area contributed by atoms with Crippen LogP contribution in [0.1, 0.15) is 23.1 Å². The number of aryl methyl sites for hydroxylation is 1. The van der Waals surface area contributed by atoms with Crippen LogP contribution in [0.4, 0.5) is 0 Å². The monoisotopic (exact) mass is 390 g/mol. The first kappa shape index (κ1) is 16.6. The number of thiophene rings is 1. The molecular weight excluding hydrogens is 376 g/mol. The van der Waals surface area contributed by atoms with Gasteiger partial charge >= 0.3 is 0 Å². The van der Waals surface area contributed by atoms with Crippen molar-refractivity contribution in [3.8, 4) is 0 Å². The van der Waals surface area contributed by atoms with Crippen LogP contribution in [0.3, 0.4) is 0 Å². The molecule has 8 heteroatoms. The number of nitrogens with zero attached hydrogens (tertiary/aromatic N) is 1. The predicted octanol–water partition coefficient (Wildman–Crippen LogP) is 2.44. The van der Waals surface area contributed by atoms with Gasteiger partial charge in [-0.3, -0.25) is 4.98 Å². The van der Waals surface area contributed by atoms with Crippen LogP contribution in [-0.4, -0.2) is 18.5 Å². The minimum atomic E-state index is -3.64. The van der Waals surface area contributed by atoms with Crippen LogP contribution in [0.15, 0.2) is 33.1 Å². The summed E-state index contributed by atoms with van der Waals surface area (Å²) in [6.07, 6.45) is 2.44. The molecule has 2 aromatic heterocycles. The van der Waals surface area contributed by atoms with Crippen molar-refractivity contribution >= 4 is 37.3 Å². The summed E-state index contributed by atoms with van der Waals surface area (Å²) >= 11 is 4.42. The molecule has 0 spiro atoms. The molecule has 0 bridgehead atoms. The van der Waals surface area contributed by atoms with Crippen LogP contribution in [0.5, 0.6) is 0 Å². The Balaban J connectivity index is 2.20. The maximum Gasteiger partial charge on any atom is 0.242 e. The first-order chi connectivity index (χ1) is 9.97. The highest BCUT2D eigenvalue weighted by Crippen LogP contribution is 2.31. The third-order valence-corrected chi connectivity index (χ3v) is 6.58. The van der Waals surface area contributed by atoms with Crippen LogP contribution in [0.25, 0.3) is 0 Å². The van der Waals surface area contributed by atoms with E-state index in [2.05, 4.69) is 25.6 Å². The van der Waals surface area contributed by atoms with Crippen LogP contribution in [0.2, 0.25) is 0 Å². The van der Waals surface area contributed by atoms with E-state index in [1.54, 1.807) is 6.20 Å². The maximum absolute atomic E-state index is 12.3. The van der Waals surface area contributed by atoms with Crippen molar-refractivity contribution in [2.45, 2.75) is 31.4 Å². The fraction of sp³-hybridized carbons (Fsp3) is 0.308. The number of sulfonamides is 1. The number of rotatable bonds is 6. The molecule has 21 heavy (non-hydrogen) atoms. The van der Waals surface area contributed by atoms with E-state index in [4.69, 9.17) is 5.11 Å². The lowest BCUT2D eigenvalue weighted by molar-refractivity contribution is 0.285. The summed E-state index contributed by atoms with van der Waals surface area (Å²) in [5, 5.41) is 9.08. The number of hydrogen-bond donors (Lipinski definition) is 2. The third kappa shape index (κ3) is 3.89. The van der Waals surface area contributed by atoms with E-state index in [1.807, 2.05) is 19.1 Å². The van der Waals surface area contributed by atoms with Gasteiger partial charge in [0.15, 0.2) is 0 Å². The number of nitrogens with one attached hydrogen (secondary N) is 1. The number of aliphatic hydroxyl groups excluding tert-OH is 1. The average Bonchev–Trinajstić information content (AvgIpc) is 2.87. The molecule has 0 amide bonds. The molecule has 0 saturated carbocycles. The van der Waals surface area contributed by atoms with Gasteiger partial charge in [-0.15, -0.1) is 11.3 Å². The zero-order valence-corrected chi connectivity index (χ0v) is 14.6. The molecule has 114 valence electrons. The van der Waals surface area contributed by atoms with Gasteiger partial charge in [-0.05, 0) is 40.0 Å². The van der Waals surface area contributed by atoms with Crippen molar-refractivity contribution in [2.24, 2.45) is 0 Å². The van der Waals surface area contributed by atoms with Gasteiger partial charge in [0, 0.05) is 11.1 Å². The van der Waals surface area contributed by atoms with Gasteiger partial charge in [-0.2, -0.15) is 0 Å². The van der Waals surface area contributed by atoms with Gasteiger partial charge in [0.05, 0.1) is 22.6 Å². The summed E-state index contributed by atoms with van der Waals surface area (Å²) in [5.41, 5.74) is 1.73. The minimum absolute atomic E-state index is 0.142. The molecule has 0 fully saturated rings. The summed E-state index contributed by atoms with van der Waals surface area (Å²) < 4.78 is 27.7. The molecule has 0 aliphatic carbocycles. The van der Waals surface area contributed by atoms with E-state index >= 15 is 0 Å². The zero-order valence-electron chi connectivity index (χ0n) is 11.3. The summed E-state index contributed by atoms with van der Waals surface area (Å²) in [5.74, 6) is 0. The number of aromatic nitrogens is 1. The molecule has 2 aromatic rings. The van der Waals surface area contributed by atoms with E-state index in [-0.39, 0.29) is 18.0 Å². The Hall–Kier alpha value is -0.800. The van der Waals surface area contributed by atoms with Gasteiger partial charge in [-0.1, -0.05) is 13.0 Å². The molecule has 0 aliphatic rings. The van der Waals surface area contributed by atoms with E-state index < -0.39 is 10.0 Å². The summed E-state index contributed by atoms with van der Waals surface area (Å²) in [6, 6.07) is 5.23. The average molecular weight is 391 g/mol. The summed E-state index contributed by atoms with van der Waals surface area (Å²) in [7, 11) is -3.64. The molecule has 0 unspecified atom stereocenters. The van der Waals surface area contributed by atoms with Crippen LogP contribution in [-0.2, 0) is 29.6 Å². The molecule has 0 aliphatic heterocycles. The van der Waals surface area contributed by atoms with Gasteiger partial charge < -0.3 is 5.11 Å². The highest BCUT2D eigenvalue weighted by atomic mass is 79.9. The van der Waals surface area contributed by atoms with Crippen LogP contribution >= 0.6 is 27.3 Å². The Morgan fingerprint density at radius 3 is 2.86 bits per heavy atom. The summed E-state index contributed by atoms with van der Waals surface area (Å²) in [6.45, 7) is 1.96. The third-order valence-electron chi connectivity index (χ3n) is 2.95. The Morgan fingerprint density at radius 2 is 2.24 bits per heavy atom. The van der Waals surface area contributed by atoms with E-state index in [0.717, 1.165) is 17.7 Å². The lowest BCUT2D eigenvalue weighted by Gasteiger charge is -2.08. The predicted molar refractivity (Wildman–Crippen MR) is 85.6 cm³/mol. The number of hydrogen-bond acceptors (Lipinski definition) is 5. The van der Waals surface area contributed by atoms with E-state index in [9.17, 15) is 8.42 Å². The Morgan fingerprint density at radius 1 is 1.48 bits per heavy atom. The maximum atomic E-state index is 12.3. The summed E-state index contributed by atoms with van der Waals surface area (Å²) in [4.78, 5) is 4.95. The molecule has 2 N–H and O–H groups in total. The first-order valence-electron chi connectivity index (χ1n) is 6.29. The van der Waals surface area contributed by atoms with Crippen molar-refractivity contribution in [3.05, 3.63) is 44.3 Å². The molecule has 0 saturated heterocycles. The van der Waals surface area contributed by atoms with Crippen molar-refractivity contribution in [2.75, 3.05) is 0 Å². The second-order valence-corrected chi connectivity index (χ2v) is 8.49. The lowest BCUT2D eigenvalue weighted by Crippen LogP contribution is -2.24. The highest BCUT2D eigenvalue weighted by molar-refractivity contribution is 9.11. The van der Waals surface area contributed by atoms with Gasteiger partial charge in [0.1, 0.15) is 4.90 Å². The molecular formula is C13H15BrN2O3S2. The SMILES string of the molecule is CCc1cccnc1CNS(=O)(=O)c1cc(CO)sc1Br. The standard InChI is InChI=1S/C13H15BrN2O3S2/c1-2-9-4-3-5-15-11(9)7-16-21(18,19)12-6-10(8-17)20-13(12)14/h3-6,16-17H,2,7-8H2,1H3. The topological polar surface area (TPSA) is 79.3 Å². The molecule has 0 radical (unpaired) electrons. The molecule has 2 heterocycles. The quantitative estimate of drug-likeness (QED) is 0.793. The molecule has 2 rings (SSSR count). The fourth-order valence-electron chi connectivity index (χ4n) is 1.85. The van der Waals surface area contributed by atoms with Crippen LogP contribution < -0.4 is 4.72 Å². The molecule has 0 aromatic carbocycles. The van der Waals surface area contributed by atoms with E-state index in [0.29, 0.717) is 8.66 Å². The van der Waals surface area contributed by atoms with Gasteiger partial charge in [0.25, 0.3) is 0 Å². The second kappa shape index (κ2) is 6.97. The zero-order chi connectivity index (χ0) is 15.5. The normalized spacial score (nSPS) is 11.8. The van der Waals surface area contributed by atoms with Crippen molar-refractivity contribution in [3.63, 3.8) is 0 Å². The van der Waals surface area contributed by atoms with Crippen LogP contribution in [0, 0.1) is 0 Å². The van der Waals surface area contributed by atoms with E-state index in [1.165, 1.54) is 17.4 Å². The Bertz CT molecular complexity index is 729. The minimum Gasteiger partial charge on any atom is -0.391 e. The van der Waals surface area contributed by atoms with Gasteiger partial charge in [-0.25, -0.2) is 13.1 Å². The molecule has 5 nitrogen and oxygen atoms in total. The van der Waals surface area contributed by atoms with Gasteiger partial charge in [0.2, 0.25) is 10.0 Å². The largest absolute Gasteiger partial charge is 0.391 e. The lowest BCUT2D eigenvalue weighted by atomic mass is 10.1. The number of aliphatic hydroxyl groups is 1. The molecule has 0 atom stereocenters. The smallest absolute Gasteiger partial charge is 0.242 e. The Kier molecular flexibility index (Phi) is 5.50.